The van der Waals surface area contributed by atoms with Gasteiger partial charge in [0, 0.05) is 34.2 Å². The first-order chi connectivity index (χ1) is 17.1. The fourth-order valence-corrected chi connectivity index (χ4v) is 5.38. The second-order valence-corrected chi connectivity index (χ2v) is 9.90. The van der Waals surface area contributed by atoms with Crippen molar-refractivity contribution in [1.29, 1.82) is 0 Å². The van der Waals surface area contributed by atoms with Gasteiger partial charge in [-0.15, -0.1) is 11.3 Å². The molecular weight excluding hydrogens is 462 g/mol. The van der Waals surface area contributed by atoms with Crippen LogP contribution < -0.4 is 15.4 Å². The molecule has 5 rings (SSSR count). The van der Waals surface area contributed by atoms with E-state index in [-0.39, 0.29) is 24.3 Å². The highest BCUT2D eigenvalue weighted by molar-refractivity contribution is 7.09. The van der Waals surface area contributed by atoms with Crippen LogP contribution in [0.25, 0.3) is 21.9 Å². The molecule has 1 saturated heterocycles. The van der Waals surface area contributed by atoms with Crippen molar-refractivity contribution in [2.45, 2.75) is 19.3 Å². The van der Waals surface area contributed by atoms with Gasteiger partial charge in [-0.05, 0) is 55.9 Å². The molecule has 0 spiro atoms. The molecule has 2 aromatic carbocycles. The first-order valence-corrected chi connectivity index (χ1v) is 12.8. The van der Waals surface area contributed by atoms with Crippen LogP contribution in [0.1, 0.15) is 17.7 Å². The SMILES string of the molecule is COc1cc2c(cc1NC(=O)CN1CCC(C(=O)NCCc3cccs3)CC1)oc1ccccc12. The van der Waals surface area contributed by atoms with Gasteiger partial charge in [0.1, 0.15) is 16.9 Å². The third-order valence-electron chi connectivity index (χ3n) is 6.55. The highest BCUT2D eigenvalue weighted by Crippen LogP contribution is 2.36. The van der Waals surface area contributed by atoms with Crippen molar-refractivity contribution in [3.05, 3.63) is 58.8 Å². The number of nitrogens with zero attached hydrogens (tertiary/aromatic N) is 1. The predicted molar refractivity (Wildman–Crippen MR) is 139 cm³/mol. The van der Waals surface area contributed by atoms with Crippen LogP contribution in [-0.2, 0) is 16.0 Å². The summed E-state index contributed by atoms with van der Waals surface area (Å²) in [5.74, 6) is 0.607. The molecule has 0 bridgehead atoms. The van der Waals surface area contributed by atoms with Crippen LogP contribution in [0.4, 0.5) is 5.69 Å². The second-order valence-electron chi connectivity index (χ2n) is 8.87. The molecule has 0 atom stereocenters. The lowest BCUT2D eigenvalue weighted by Gasteiger charge is -2.30. The number of carbonyl (C=O) groups is 2. The third-order valence-corrected chi connectivity index (χ3v) is 7.49. The van der Waals surface area contributed by atoms with Gasteiger partial charge in [0.15, 0.2) is 0 Å². The number of piperidine rings is 1. The molecule has 0 radical (unpaired) electrons. The van der Waals surface area contributed by atoms with Gasteiger partial charge in [-0.2, -0.15) is 0 Å². The second kappa shape index (κ2) is 10.5. The first kappa shape index (κ1) is 23.4. The monoisotopic (exact) mass is 491 g/mol. The summed E-state index contributed by atoms with van der Waals surface area (Å²) in [5.41, 5.74) is 2.09. The van der Waals surface area contributed by atoms with Gasteiger partial charge in [0.2, 0.25) is 11.8 Å². The van der Waals surface area contributed by atoms with E-state index in [1.807, 2.05) is 42.5 Å². The number of carbonyl (C=O) groups excluding carboxylic acids is 2. The Morgan fingerprint density at radius 3 is 2.69 bits per heavy atom. The molecule has 1 aliphatic rings. The highest BCUT2D eigenvalue weighted by atomic mass is 32.1. The summed E-state index contributed by atoms with van der Waals surface area (Å²) in [6, 6.07) is 15.7. The van der Waals surface area contributed by atoms with Crippen molar-refractivity contribution >= 4 is 50.8 Å². The van der Waals surface area contributed by atoms with Crippen LogP contribution in [0.15, 0.2) is 58.3 Å². The minimum Gasteiger partial charge on any atom is -0.495 e. The molecule has 7 nitrogen and oxygen atoms in total. The number of thiophene rings is 1. The molecule has 0 aliphatic carbocycles. The molecule has 182 valence electrons. The molecule has 4 aromatic rings. The molecule has 0 saturated carbocycles. The van der Waals surface area contributed by atoms with Crippen LogP contribution in [0.5, 0.6) is 5.75 Å². The number of hydrogen-bond acceptors (Lipinski definition) is 6. The van der Waals surface area contributed by atoms with Crippen LogP contribution in [0.3, 0.4) is 0 Å². The smallest absolute Gasteiger partial charge is 0.238 e. The maximum atomic E-state index is 12.8. The Bertz CT molecular complexity index is 1320. The average Bonchev–Trinajstić information content (AvgIpc) is 3.51. The molecule has 1 fully saturated rings. The maximum absolute atomic E-state index is 12.8. The molecule has 2 aromatic heterocycles. The minimum atomic E-state index is -0.113. The molecule has 8 heteroatoms. The quantitative estimate of drug-likeness (QED) is 0.374. The van der Waals surface area contributed by atoms with Gasteiger partial charge in [0.25, 0.3) is 0 Å². The van der Waals surface area contributed by atoms with Crippen molar-refractivity contribution in [3.63, 3.8) is 0 Å². The summed E-state index contributed by atoms with van der Waals surface area (Å²) in [4.78, 5) is 28.7. The summed E-state index contributed by atoms with van der Waals surface area (Å²) in [6.45, 7) is 2.37. The summed E-state index contributed by atoms with van der Waals surface area (Å²) in [5, 5.41) is 10.1. The Kier molecular flexibility index (Phi) is 7.01. The van der Waals surface area contributed by atoms with Gasteiger partial charge < -0.3 is 19.8 Å². The number of methoxy groups -OCH3 is 1. The van der Waals surface area contributed by atoms with Crippen LogP contribution in [0.2, 0.25) is 0 Å². The Labute approximate surface area is 208 Å². The van der Waals surface area contributed by atoms with Crippen molar-refractivity contribution in [2.75, 3.05) is 38.6 Å². The number of nitrogens with one attached hydrogen (secondary N) is 2. The van der Waals surface area contributed by atoms with Crippen LogP contribution >= 0.6 is 11.3 Å². The molecule has 2 amide bonds. The predicted octanol–water partition coefficient (Wildman–Crippen LogP) is 4.67. The van der Waals surface area contributed by atoms with Gasteiger partial charge in [-0.25, -0.2) is 0 Å². The number of amides is 2. The van der Waals surface area contributed by atoms with Crippen LogP contribution in [0, 0.1) is 5.92 Å². The Morgan fingerprint density at radius 1 is 1.09 bits per heavy atom. The zero-order chi connectivity index (χ0) is 24.2. The first-order valence-electron chi connectivity index (χ1n) is 11.9. The highest BCUT2D eigenvalue weighted by Gasteiger charge is 2.26. The van der Waals surface area contributed by atoms with Crippen molar-refractivity contribution < 1.29 is 18.7 Å². The maximum Gasteiger partial charge on any atom is 0.238 e. The standard InChI is InChI=1S/C27H29N3O4S/c1-33-25-15-21-20-6-2-3-7-23(20)34-24(21)16-22(25)29-26(31)17-30-12-9-18(10-13-30)27(32)28-11-8-19-5-4-14-35-19/h2-7,14-16,18H,8-13,17H2,1H3,(H,28,32)(H,29,31). The lowest BCUT2D eigenvalue weighted by molar-refractivity contribution is -0.126. The molecule has 1 aliphatic heterocycles. The van der Waals surface area contributed by atoms with E-state index in [4.69, 9.17) is 9.15 Å². The van der Waals surface area contributed by atoms with Gasteiger partial charge in [0.05, 0.1) is 19.3 Å². The summed E-state index contributed by atoms with van der Waals surface area (Å²) >= 11 is 1.71. The third kappa shape index (κ3) is 5.33. The number of furan rings is 1. The molecule has 35 heavy (non-hydrogen) atoms. The number of anilines is 1. The number of ether oxygens (including phenoxy) is 1. The topological polar surface area (TPSA) is 83.8 Å². The fourth-order valence-electron chi connectivity index (χ4n) is 4.67. The fraction of sp³-hybridized carbons (Fsp3) is 0.333. The summed E-state index contributed by atoms with van der Waals surface area (Å²) in [6.07, 6.45) is 2.38. The van der Waals surface area contributed by atoms with E-state index in [0.717, 1.165) is 48.7 Å². The Morgan fingerprint density at radius 2 is 1.91 bits per heavy atom. The lowest BCUT2D eigenvalue weighted by Crippen LogP contribution is -2.43. The number of likely N-dealkylation sites (tertiary alicyclic amines) is 1. The van der Waals surface area contributed by atoms with Crippen molar-refractivity contribution in [3.8, 4) is 5.75 Å². The van der Waals surface area contributed by atoms with Crippen molar-refractivity contribution in [1.82, 2.24) is 10.2 Å². The molecular formula is C27H29N3O4S. The lowest BCUT2D eigenvalue weighted by atomic mass is 9.96. The van der Waals surface area contributed by atoms with E-state index in [1.165, 1.54) is 4.88 Å². The summed E-state index contributed by atoms with van der Waals surface area (Å²) in [7, 11) is 1.59. The molecule has 0 unspecified atom stereocenters. The zero-order valence-electron chi connectivity index (χ0n) is 19.7. The minimum absolute atomic E-state index is 0.00762. The molecule has 2 N–H and O–H groups in total. The van der Waals surface area contributed by atoms with Crippen molar-refractivity contribution in [2.24, 2.45) is 5.92 Å². The van der Waals surface area contributed by atoms with Gasteiger partial charge >= 0.3 is 0 Å². The van der Waals surface area contributed by atoms with E-state index in [1.54, 1.807) is 18.4 Å². The van der Waals surface area contributed by atoms with E-state index in [0.29, 0.717) is 23.6 Å². The van der Waals surface area contributed by atoms with Gasteiger partial charge in [-0.1, -0.05) is 24.3 Å². The van der Waals surface area contributed by atoms with Gasteiger partial charge in [-0.3, -0.25) is 14.5 Å². The van der Waals surface area contributed by atoms with E-state index in [9.17, 15) is 9.59 Å². The normalized spacial score (nSPS) is 14.9. The zero-order valence-corrected chi connectivity index (χ0v) is 20.5. The van der Waals surface area contributed by atoms with E-state index >= 15 is 0 Å². The van der Waals surface area contributed by atoms with Crippen LogP contribution in [-0.4, -0.2) is 50.0 Å². The number of fused-ring (bicyclic) bond motifs is 3. The Balaban J connectivity index is 1.14. The summed E-state index contributed by atoms with van der Waals surface area (Å²) < 4.78 is 11.5. The largest absolute Gasteiger partial charge is 0.495 e. The number of hydrogen-bond donors (Lipinski definition) is 2. The molecule has 3 heterocycles. The number of rotatable bonds is 8. The van der Waals surface area contributed by atoms with E-state index in [2.05, 4.69) is 27.0 Å². The average molecular weight is 492 g/mol. The number of para-hydroxylation sites is 1. The number of benzene rings is 2. The van der Waals surface area contributed by atoms with E-state index < -0.39 is 0 Å². The Hall–Kier alpha value is -3.36.